The van der Waals surface area contributed by atoms with Crippen molar-refractivity contribution in [3.8, 4) is 0 Å². The first-order chi connectivity index (χ1) is 7.33. The molecule has 1 aromatic rings. The maximum absolute atomic E-state index is 6.19. The van der Waals surface area contributed by atoms with E-state index in [9.17, 15) is 0 Å². The van der Waals surface area contributed by atoms with Crippen molar-refractivity contribution in [2.45, 2.75) is 38.3 Å². The smallest absolute Gasteiger partial charge is 0.122 e. The van der Waals surface area contributed by atoms with Crippen molar-refractivity contribution in [2.75, 3.05) is 13.1 Å². The van der Waals surface area contributed by atoms with Crippen LogP contribution < -0.4 is 5.73 Å². The lowest BCUT2D eigenvalue weighted by Gasteiger charge is -2.30. The predicted molar refractivity (Wildman–Crippen MR) is 60.5 cm³/mol. The molecule has 0 aliphatic carbocycles. The molecule has 3 nitrogen and oxygen atoms in total. The SMILES string of the molecule is CCC(N)C(c1ccco1)N1CCCC1. The minimum Gasteiger partial charge on any atom is -0.468 e. The van der Waals surface area contributed by atoms with Gasteiger partial charge in [-0.1, -0.05) is 6.92 Å². The van der Waals surface area contributed by atoms with Crippen molar-refractivity contribution in [1.82, 2.24) is 4.90 Å². The van der Waals surface area contributed by atoms with Gasteiger partial charge in [-0.15, -0.1) is 0 Å². The summed E-state index contributed by atoms with van der Waals surface area (Å²) in [6.07, 6.45) is 5.30. The van der Waals surface area contributed by atoms with Gasteiger partial charge in [-0.05, 0) is 44.5 Å². The third-order valence-corrected chi connectivity index (χ3v) is 3.25. The second kappa shape index (κ2) is 4.81. The molecule has 0 bridgehead atoms. The van der Waals surface area contributed by atoms with Gasteiger partial charge in [-0.3, -0.25) is 4.90 Å². The van der Waals surface area contributed by atoms with Gasteiger partial charge in [0, 0.05) is 6.04 Å². The fourth-order valence-corrected chi connectivity index (χ4v) is 2.36. The van der Waals surface area contributed by atoms with Crippen molar-refractivity contribution in [3.05, 3.63) is 24.2 Å². The van der Waals surface area contributed by atoms with Crippen LogP contribution in [-0.4, -0.2) is 24.0 Å². The lowest BCUT2D eigenvalue weighted by Crippen LogP contribution is -2.39. The lowest BCUT2D eigenvalue weighted by molar-refractivity contribution is 0.182. The van der Waals surface area contributed by atoms with Crippen molar-refractivity contribution < 1.29 is 4.42 Å². The van der Waals surface area contributed by atoms with E-state index in [1.54, 1.807) is 6.26 Å². The predicted octanol–water partition coefficient (Wildman–Crippen LogP) is 2.15. The maximum atomic E-state index is 6.19. The van der Waals surface area contributed by atoms with Gasteiger partial charge in [-0.2, -0.15) is 0 Å². The van der Waals surface area contributed by atoms with Crippen LogP contribution >= 0.6 is 0 Å². The Kier molecular flexibility index (Phi) is 3.44. The molecule has 15 heavy (non-hydrogen) atoms. The first-order valence-electron chi connectivity index (χ1n) is 5.86. The Morgan fingerprint density at radius 2 is 2.20 bits per heavy atom. The normalized spacial score (nSPS) is 21.7. The molecule has 3 heteroatoms. The third-order valence-electron chi connectivity index (χ3n) is 3.25. The Hall–Kier alpha value is -0.800. The molecule has 2 N–H and O–H groups in total. The zero-order chi connectivity index (χ0) is 10.7. The van der Waals surface area contributed by atoms with Gasteiger partial charge in [0.25, 0.3) is 0 Å². The highest BCUT2D eigenvalue weighted by Crippen LogP contribution is 2.28. The van der Waals surface area contributed by atoms with Crippen LogP contribution in [0.2, 0.25) is 0 Å². The zero-order valence-corrected chi connectivity index (χ0v) is 9.36. The van der Waals surface area contributed by atoms with E-state index in [0.717, 1.165) is 25.3 Å². The summed E-state index contributed by atoms with van der Waals surface area (Å²) < 4.78 is 5.51. The topological polar surface area (TPSA) is 42.4 Å². The van der Waals surface area contributed by atoms with Crippen molar-refractivity contribution in [3.63, 3.8) is 0 Å². The van der Waals surface area contributed by atoms with E-state index in [1.165, 1.54) is 12.8 Å². The van der Waals surface area contributed by atoms with E-state index in [1.807, 2.05) is 12.1 Å². The van der Waals surface area contributed by atoms with Gasteiger partial charge in [0.2, 0.25) is 0 Å². The largest absolute Gasteiger partial charge is 0.468 e. The summed E-state index contributed by atoms with van der Waals surface area (Å²) in [5.41, 5.74) is 6.19. The summed E-state index contributed by atoms with van der Waals surface area (Å²) in [5, 5.41) is 0. The van der Waals surface area contributed by atoms with Crippen LogP contribution in [0.5, 0.6) is 0 Å². The van der Waals surface area contributed by atoms with Gasteiger partial charge in [-0.25, -0.2) is 0 Å². The van der Waals surface area contributed by atoms with Gasteiger partial charge < -0.3 is 10.2 Å². The maximum Gasteiger partial charge on any atom is 0.122 e. The zero-order valence-electron chi connectivity index (χ0n) is 9.36. The Labute approximate surface area is 91.2 Å². The van der Waals surface area contributed by atoms with Crippen LogP contribution in [0.4, 0.5) is 0 Å². The quantitative estimate of drug-likeness (QED) is 0.824. The molecular formula is C12H20N2O. The molecule has 1 aliphatic heterocycles. The van der Waals surface area contributed by atoms with Crippen LogP contribution in [0, 0.1) is 0 Å². The van der Waals surface area contributed by atoms with Gasteiger partial charge >= 0.3 is 0 Å². The minimum atomic E-state index is 0.175. The molecule has 2 unspecified atom stereocenters. The molecule has 0 radical (unpaired) electrons. The lowest BCUT2D eigenvalue weighted by atomic mass is 10.0. The molecule has 1 aliphatic rings. The molecule has 2 heterocycles. The summed E-state index contributed by atoms with van der Waals surface area (Å²) in [4.78, 5) is 2.45. The summed E-state index contributed by atoms with van der Waals surface area (Å²) in [5.74, 6) is 1.02. The molecule has 1 fully saturated rings. The van der Waals surface area contributed by atoms with E-state index >= 15 is 0 Å². The average Bonchev–Trinajstić information content (AvgIpc) is 2.90. The van der Waals surface area contributed by atoms with Crippen molar-refractivity contribution in [1.29, 1.82) is 0 Å². The molecule has 0 spiro atoms. The summed E-state index contributed by atoms with van der Waals surface area (Å²) in [6, 6.07) is 4.43. The Morgan fingerprint density at radius 3 is 2.73 bits per heavy atom. The second-order valence-electron chi connectivity index (χ2n) is 4.28. The second-order valence-corrected chi connectivity index (χ2v) is 4.28. The molecule has 0 saturated carbocycles. The molecule has 1 aromatic heterocycles. The first kappa shape index (κ1) is 10.7. The summed E-state index contributed by atoms with van der Waals surface area (Å²) >= 11 is 0. The molecule has 2 rings (SSSR count). The van der Waals surface area contributed by atoms with Crippen molar-refractivity contribution >= 4 is 0 Å². The highest BCUT2D eigenvalue weighted by molar-refractivity contribution is 5.08. The Balaban J connectivity index is 2.15. The fraction of sp³-hybridized carbons (Fsp3) is 0.667. The van der Waals surface area contributed by atoms with E-state index in [-0.39, 0.29) is 12.1 Å². The first-order valence-corrected chi connectivity index (χ1v) is 5.86. The molecule has 0 aromatic carbocycles. The van der Waals surface area contributed by atoms with Gasteiger partial charge in [0.1, 0.15) is 5.76 Å². The van der Waals surface area contributed by atoms with E-state index in [4.69, 9.17) is 10.2 Å². The van der Waals surface area contributed by atoms with Gasteiger partial charge in [0.15, 0.2) is 0 Å². The Bertz CT molecular complexity index is 278. The average molecular weight is 208 g/mol. The van der Waals surface area contributed by atoms with Crippen molar-refractivity contribution in [2.24, 2.45) is 5.73 Å². The van der Waals surface area contributed by atoms with E-state index < -0.39 is 0 Å². The number of hydrogen-bond acceptors (Lipinski definition) is 3. The summed E-state index contributed by atoms with van der Waals surface area (Å²) in [7, 11) is 0. The number of furan rings is 1. The third kappa shape index (κ3) is 2.24. The van der Waals surface area contributed by atoms with Gasteiger partial charge in [0.05, 0.1) is 12.3 Å². The summed E-state index contributed by atoms with van der Waals surface area (Å²) in [6.45, 7) is 4.44. The van der Waals surface area contributed by atoms with Crippen LogP contribution in [0.25, 0.3) is 0 Å². The van der Waals surface area contributed by atoms with Crippen LogP contribution in [0.15, 0.2) is 22.8 Å². The molecular weight excluding hydrogens is 188 g/mol. The fourth-order valence-electron chi connectivity index (χ4n) is 2.36. The number of likely N-dealkylation sites (tertiary alicyclic amines) is 1. The molecule has 1 saturated heterocycles. The van der Waals surface area contributed by atoms with E-state index in [2.05, 4.69) is 11.8 Å². The van der Waals surface area contributed by atoms with E-state index in [0.29, 0.717) is 0 Å². The monoisotopic (exact) mass is 208 g/mol. The molecule has 2 atom stereocenters. The Morgan fingerprint density at radius 1 is 1.47 bits per heavy atom. The minimum absolute atomic E-state index is 0.175. The number of nitrogens with two attached hydrogens (primary N) is 1. The highest BCUT2D eigenvalue weighted by Gasteiger charge is 2.29. The van der Waals surface area contributed by atoms with Crippen LogP contribution in [0.3, 0.4) is 0 Å². The molecule has 84 valence electrons. The molecule has 0 amide bonds. The number of hydrogen-bond donors (Lipinski definition) is 1. The van der Waals surface area contributed by atoms with Crippen LogP contribution in [-0.2, 0) is 0 Å². The highest BCUT2D eigenvalue weighted by atomic mass is 16.3. The number of rotatable bonds is 4. The number of nitrogens with zero attached hydrogens (tertiary/aromatic N) is 1. The van der Waals surface area contributed by atoms with Crippen LogP contribution in [0.1, 0.15) is 38.0 Å². The standard InChI is InChI=1S/C12H20N2O/c1-2-10(13)12(11-6-5-9-15-11)14-7-3-4-8-14/h5-6,9-10,12H,2-4,7-8,13H2,1H3.